The predicted octanol–water partition coefficient (Wildman–Crippen LogP) is 5.02. The average molecular weight is 473 g/mol. The van der Waals surface area contributed by atoms with Gasteiger partial charge in [0.25, 0.3) is 0 Å². The summed E-state index contributed by atoms with van der Waals surface area (Å²) in [5.74, 6) is -1.35. The molecular weight excluding hydrogens is 457 g/mol. The van der Waals surface area contributed by atoms with E-state index in [-0.39, 0.29) is 33.1 Å². The van der Waals surface area contributed by atoms with E-state index in [1.165, 1.54) is 31.2 Å². The van der Waals surface area contributed by atoms with E-state index >= 15 is 0 Å². The lowest BCUT2D eigenvalue weighted by Gasteiger charge is -2.15. The van der Waals surface area contributed by atoms with E-state index in [0.717, 1.165) is 23.1 Å². The van der Waals surface area contributed by atoms with Crippen LogP contribution in [0.3, 0.4) is 0 Å². The first-order chi connectivity index (χ1) is 14.3. The van der Waals surface area contributed by atoms with Crippen molar-refractivity contribution in [2.24, 2.45) is 0 Å². The SMILES string of the molecule is CC(c1cc(-c2cc(C(F)(F)F)nn2-c2ccccc2Cl)ccc1C(=O)O)S(C)(=O)=O. The van der Waals surface area contributed by atoms with Crippen molar-refractivity contribution in [3.63, 3.8) is 0 Å². The molecule has 1 atom stereocenters. The molecule has 3 rings (SSSR count). The third-order valence-electron chi connectivity index (χ3n) is 4.74. The van der Waals surface area contributed by atoms with E-state index in [9.17, 15) is 31.5 Å². The van der Waals surface area contributed by atoms with Crippen LogP contribution in [-0.4, -0.2) is 35.5 Å². The van der Waals surface area contributed by atoms with E-state index in [1.807, 2.05) is 0 Å². The maximum Gasteiger partial charge on any atom is 0.435 e. The number of nitrogens with zero attached hydrogens (tertiary/aromatic N) is 2. The van der Waals surface area contributed by atoms with Gasteiger partial charge in [-0.2, -0.15) is 18.3 Å². The summed E-state index contributed by atoms with van der Waals surface area (Å²) in [5, 5.41) is 12.0. The van der Waals surface area contributed by atoms with Crippen LogP contribution in [0.15, 0.2) is 48.5 Å². The van der Waals surface area contributed by atoms with E-state index in [1.54, 1.807) is 12.1 Å². The summed E-state index contributed by atoms with van der Waals surface area (Å²) in [7, 11) is -3.68. The number of carboxylic acids is 1. The van der Waals surface area contributed by atoms with Crippen LogP contribution in [0.25, 0.3) is 16.9 Å². The van der Waals surface area contributed by atoms with Gasteiger partial charge in [0.15, 0.2) is 15.5 Å². The lowest BCUT2D eigenvalue weighted by Crippen LogP contribution is -2.13. The number of alkyl halides is 3. The van der Waals surface area contributed by atoms with Gasteiger partial charge in [0.05, 0.1) is 27.2 Å². The van der Waals surface area contributed by atoms with Gasteiger partial charge in [-0.25, -0.2) is 17.9 Å². The second kappa shape index (κ2) is 8.01. The van der Waals surface area contributed by atoms with E-state index in [0.29, 0.717) is 0 Å². The smallest absolute Gasteiger partial charge is 0.435 e. The van der Waals surface area contributed by atoms with Crippen LogP contribution >= 0.6 is 11.6 Å². The molecule has 0 saturated carbocycles. The number of aromatic carboxylic acids is 1. The Labute approximate surface area is 180 Å². The van der Waals surface area contributed by atoms with Crippen molar-refractivity contribution < 1.29 is 31.5 Å². The van der Waals surface area contributed by atoms with Crippen LogP contribution in [0.4, 0.5) is 13.2 Å². The quantitative estimate of drug-likeness (QED) is 0.563. The molecule has 0 aliphatic rings. The molecule has 2 aromatic carbocycles. The van der Waals surface area contributed by atoms with Gasteiger partial charge >= 0.3 is 12.1 Å². The fourth-order valence-electron chi connectivity index (χ4n) is 3.02. The normalized spacial score (nSPS) is 13.2. The molecule has 0 radical (unpaired) electrons. The molecule has 0 bridgehead atoms. The Kier molecular flexibility index (Phi) is 5.90. The molecule has 164 valence electrons. The Morgan fingerprint density at radius 2 is 1.81 bits per heavy atom. The molecule has 1 N–H and O–H groups in total. The van der Waals surface area contributed by atoms with Crippen LogP contribution in [0.2, 0.25) is 5.02 Å². The van der Waals surface area contributed by atoms with Gasteiger partial charge < -0.3 is 5.11 Å². The largest absolute Gasteiger partial charge is 0.478 e. The van der Waals surface area contributed by atoms with E-state index in [2.05, 4.69) is 5.10 Å². The number of aromatic nitrogens is 2. The third kappa shape index (κ3) is 4.59. The number of rotatable bonds is 5. The van der Waals surface area contributed by atoms with Crippen LogP contribution in [0, 0.1) is 0 Å². The molecule has 1 heterocycles. The lowest BCUT2D eigenvalue weighted by molar-refractivity contribution is -0.141. The summed E-state index contributed by atoms with van der Waals surface area (Å²) in [5.41, 5.74) is -1.19. The standard InChI is InChI=1S/C20H16ClF3N2O4S/c1-11(31(2,29)30)14-9-12(7-8-13(14)19(27)28)17-10-18(20(22,23)24)25-26(17)16-6-4-3-5-15(16)21/h3-11H,1-2H3,(H,27,28). The second-order valence-corrected chi connectivity index (χ2v) is 9.63. The molecule has 0 aliphatic carbocycles. The van der Waals surface area contributed by atoms with Crippen molar-refractivity contribution in [2.75, 3.05) is 6.26 Å². The highest BCUT2D eigenvalue weighted by atomic mass is 35.5. The highest BCUT2D eigenvalue weighted by Crippen LogP contribution is 2.36. The zero-order valence-corrected chi connectivity index (χ0v) is 17.8. The highest BCUT2D eigenvalue weighted by Gasteiger charge is 2.36. The number of carboxylic acid groups (broad SMARTS) is 1. The maximum absolute atomic E-state index is 13.4. The first kappa shape index (κ1) is 22.8. The molecule has 0 amide bonds. The molecule has 0 spiro atoms. The molecule has 3 aromatic rings. The van der Waals surface area contributed by atoms with Crippen LogP contribution in [0.5, 0.6) is 0 Å². The molecule has 0 saturated heterocycles. The van der Waals surface area contributed by atoms with Gasteiger partial charge in [-0.05, 0) is 42.8 Å². The summed E-state index contributed by atoms with van der Waals surface area (Å²) in [4.78, 5) is 11.6. The Morgan fingerprint density at radius 3 is 2.35 bits per heavy atom. The molecule has 6 nitrogen and oxygen atoms in total. The number of carbonyl (C=O) groups is 1. The second-order valence-electron chi connectivity index (χ2n) is 6.85. The molecule has 1 aromatic heterocycles. The number of hydrogen-bond acceptors (Lipinski definition) is 4. The van der Waals surface area contributed by atoms with Crippen molar-refractivity contribution >= 4 is 27.4 Å². The number of sulfone groups is 1. The van der Waals surface area contributed by atoms with Crippen molar-refractivity contribution in [3.05, 3.63) is 70.4 Å². The zero-order chi connectivity index (χ0) is 23.1. The Balaban J connectivity index is 2.31. The maximum atomic E-state index is 13.4. The minimum Gasteiger partial charge on any atom is -0.478 e. The van der Waals surface area contributed by atoms with Gasteiger partial charge in [0.1, 0.15) is 0 Å². The Hall–Kier alpha value is -2.85. The zero-order valence-electron chi connectivity index (χ0n) is 16.2. The van der Waals surface area contributed by atoms with Gasteiger partial charge in [0.2, 0.25) is 0 Å². The highest BCUT2D eigenvalue weighted by molar-refractivity contribution is 7.90. The van der Waals surface area contributed by atoms with Crippen LogP contribution in [-0.2, 0) is 16.0 Å². The molecule has 1 unspecified atom stereocenters. The topological polar surface area (TPSA) is 89.3 Å². The summed E-state index contributed by atoms with van der Waals surface area (Å²) < 4.78 is 65.2. The fraction of sp³-hybridized carbons (Fsp3) is 0.200. The number of halogens is 4. The minimum atomic E-state index is -4.74. The molecule has 0 fully saturated rings. The summed E-state index contributed by atoms with van der Waals surface area (Å²) in [6.07, 6.45) is -3.79. The summed E-state index contributed by atoms with van der Waals surface area (Å²) in [6, 6.07) is 10.6. The van der Waals surface area contributed by atoms with Gasteiger partial charge in [0, 0.05) is 11.8 Å². The van der Waals surface area contributed by atoms with Crippen LogP contribution in [0.1, 0.15) is 33.8 Å². The molecule has 11 heteroatoms. The molecule has 31 heavy (non-hydrogen) atoms. The predicted molar refractivity (Wildman–Crippen MR) is 109 cm³/mol. The molecular formula is C20H16ClF3N2O4S. The fourth-order valence-corrected chi connectivity index (χ4v) is 3.89. The van der Waals surface area contributed by atoms with Crippen molar-refractivity contribution in [3.8, 4) is 16.9 Å². The monoisotopic (exact) mass is 472 g/mol. The minimum absolute atomic E-state index is 0.0284. The van der Waals surface area contributed by atoms with Gasteiger partial charge in [-0.3, -0.25) is 0 Å². The van der Waals surface area contributed by atoms with Crippen molar-refractivity contribution in [1.82, 2.24) is 9.78 Å². The Morgan fingerprint density at radius 1 is 1.16 bits per heavy atom. The van der Waals surface area contributed by atoms with Crippen molar-refractivity contribution in [2.45, 2.75) is 18.3 Å². The lowest BCUT2D eigenvalue weighted by atomic mass is 9.99. The first-order valence-electron chi connectivity index (χ1n) is 8.79. The average Bonchev–Trinajstić information content (AvgIpc) is 3.12. The number of hydrogen-bond donors (Lipinski definition) is 1. The van der Waals surface area contributed by atoms with Crippen molar-refractivity contribution in [1.29, 1.82) is 0 Å². The van der Waals surface area contributed by atoms with Crippen LogP contribution < -0.4 is 0 Å². The summed E-state index contributed by atoms with van der Waals surface area (Å²) >= 11 is 6.15. The third-order valence-corrected chi connectivity index (χ3v) is 6.60. The van der Waals surface area contributed by atoms with Gasteiger partial charge in [-0.1, -0.05) is 29.8 Å². The summed E-state index contributed by atoms with van der Waals surface area (Å²) in [6.45, 7) is 1.31. The van der Waals surface area contributed by atoms with Gasteiger partial charge in [-0.15, -0.1) is 0 Å². The Bertz CT molecular complexity index is 1270. The molecule has 0 aliphatic heterocycles. The number of benzene rings is 2. The first-order valence-corrected chi connectivity index (χ1v) is 11.1. The van der Waals surface area contributed by atoms with E-state index < -0.39 is 32.9 Å². The number of para-hydroxylation sites is 1. The van der Waals surface area contributed by atoms with E-state index in [4.69, 9.17) is 11.6 Å².